The van der Waals surface area contributed by atoms with Crippen LogP contribution in [0, 0.1) is 17.8 Å². The molecule has 0 bridgehead atoms. The first-order valence-corrected chi connectivity index (χ1v) is 15.6. The Hall–Kier alpha value is -2.58. The Kier molecular flexibility index (Phi) is 15.3. The third-order valence-corrected chi connectivity index (χ3v) is 8.21. The lowest BCUT2D eigenvalue weighted by atomic mass is 9.71. The van der Waals surface area contributed by atoms with Crippen molar-refractivity contribution in [1.82, 2.24) is 9.80 Å². The van der Waals surface area contributed by atoms with Gasteiger partial charge in [0.25, 0.3) is 0 Å². The summed E-state index contributed by atoms with van der Waals surface area (Å²) in [6.07, 6.45) is 9.29. The first kappa shape index (κ1) is 34.6. The van der Waals surface area contributed by atoms with Gasteiger partial charge >= 0.3 is 12.3 Å². The largest absolute Gasteiger partial charge is 0.515 e. The summed E-state index contributed by atoms with van der Waals surface area (Å²) in [6.45, 7) is 22.0. The van der Waals surface area contributed by atoms with Crippen LogP contribution in [0.15, 0.2) is 47.0 Å². The summed E-state index contributed by atoms with van der Waals surface area (Å²) in [6, 6.07) is 0. The Morgan fingerprint density at radius 3 is 2.02 bits per heavy atom. The van der Waals surface area contributed by atoms with Crippen molar-refractivity contribution in [2.75, 3.05) is 39.6 Å². The standard InChI is InChI=1S/C33H54N2O6/c1-9-14-15-16-26-20-29(40-32(36)38-22-34(10-2)11-3)31(28-19-25(8)17-18-27(28)24(6)7)30(21-26)41-33(37)39-23-35(12-4)13-5/h19-20,26-28H,6,9-18,21-23H2,1-5,7-8H3/t26?,27?,28-/m1/s1. The minimum absolute atomic E-state index is 0.0541. The molecule has 2 aliphatic rings. The summed E-state index contributed by atoms with van der Waals surface area (Å²) >= 11 is 0. The van der Waals surface area contributed by atoms with Gasteiger partial charge in [0.2, 0.25) is 0 Å². The van der Waals surface area contributed by atoms with E-state index in [0.29, 0.717) is 23.5 Å². The second kappa shape index (κ2) is 18.1. The zero-order valence-corrected chi connectivity index (χ0v) is 26.6. The Labute approximate surface area is 248 Å². The van der Waals surface area contributed by atoms with Crippen molar-refractivity contribution in [3.05, 3.63) is 47.0 Å². The second-order valence-corrected chi connectivity index (χ2v) is 11.2. The van der Waals surface area contributed by atoms with Crippen molar-refractivity contribution < 1.29 is 28.5 Å². The fraction of sp³-hybridized carbons (Fsp3) is 0.697. The van der Waals surface area contributed by atoms with Crippen molar-refractivity contribution in [2.45, 2.75) is 93.4 Å². The SMILES string of the molecule is C=C(C)C1CCC(C)=C[C@H]1C1=C(OC(=O)OCN(CC)CC)CC(CCCCC)C=C1OC(=O)OCN(CC)CC. The number of hydrogen-bond donors (Lipinski definition) is 0. The van der Waals surface area contributed by atoms with E-state index in [4.69, 9.17) is 18.9 Å². The Bertz CT molecular complexity index is 961. The summed E-state index contributed by atoms with van der Waals surface area (Å²) in [5.74, 6) is 0.946. The maximum absolute atomic E-state index is 13.0. The van der Waals surface area contributed by atoms with Gasteiger partial charge in [-0.1, -0.05) is 77.7 Å². The number of unbranched alkanes of at least 4 members (excludes halogenated alkanes) is 2. The first-order valence-electron chi connectivity index (χ1n) is 15.6. The van der Waals surface area contributed by atoms with Crippen LogP contribution in [0.3, 0.4) is 0 Å². The second-order valence-electron chi connectivity index (χ2n) is 11.2. The number of nitrogens with zero attached hydrogens (tertiary/aromatic N) is 2. The number of hydrogen-bond acceptors (Lipinski definition) is 8. The molecular weight excluding hydrogens is 520 g/mol. The van der Waals surface area contributed by atoms with E-state index in [9.17, 15) is 9.59 Å². The Morgan fingerprint density at radius 1 is 0.902 bits per heavy atom. The molecule has 8 nitrogen and oxygen atoms in total. The van der Waals surface area contributed by atoms with Crippen molar-refractivity contribution in [3.8, 4) is 0 Å². The van der Waals surface area contributed by atoms with Gasteiger partial charge in [0.15, 0.2) is 0 Å². The van der Waals surface area contributed by atoms with Crippen LogP contribution in [0.1, 0.15) is 93.4 Å². The number of carbonyl (C=O) groups excluding carboxylic acids is 2. The zero-order valence-electron chi connectivity index (χ0n) is 26.6. The van der Waals surface area contributed by atoms with Gasteiger partial charge in [-0.25, -0.2) is 9.59 Å². The third kappa shape index (κ3) is 11.0. The molecule has 232 valence electrons. The molecule has 0 aromatic carbocycles. The maximum Gasteiger partial charge on any atom is 0.515 e. The smallest absolute Gasteiger partial charge is 0.418 e. The van der Waals surface area contributed by atoms with Crippen LogP contribution in [0.4, 0.5) is 9.59 Å². The fourth-order valence-corrected chi connectivity index (χ4v) is 5.48. The van der Waals surface area contributed by atoms with Crippen molar-refractivity contribution >= 4 is 12.3 Å². The van der Waals surface area contributed by atoms with E-state index in [1.165, 1.54) is 5.57 Å². The van der Waals surface area contributed by atoms with Crippen LogP contribution in [-0.4, -0.2) is 61.8 Å². The summed E-state index contributed by atoms with van der Waals surface area (Å²) in [7, 11) is 0. The van der Waals surface area contributed by atoms with Crippen LogP contribution in [0.25, 0.3) is 0 Å². The Morgan fingerprint density at radius 2 is 1.49 bits per heavy atom. The molecule has 41 heavy (non-hydrogen) atoms. The van der Waals surface area contributed by atoms with Gasteiger partial charge in [-0.3, -0.25) is 9.80 Å². The lowest BCUT2D eigenvalue weighted by Gasteiger charge is -2.36. The topological polar surface area (TPSA) is 77.5 Å². The molecule has 0 saturated heterocycles. The van der Waals surface area contributed by atoms with Gasteiger partial charge in [-0.2, -0.15) is 0 Å². The highest BCUT2D eigenvalue weighted by Gasteiger charge is 2.37. The van der Waals surface area contributed by atoms with Gasteiger partial charge < -0.3 is 18.9 Å². The quantitative estimate of drug-likeness (QED) is 0.0790. The predicted octanol–water partition coefficient (Wildman–Crippen LogP) is 8.18. The molecule has 0 saturated carbocycles. The van der Waals surface area contributed by atoms with Crippen LogP contribution >= 0.6 is 0 Å². The molecule has 0 spiro atoms. The summed E-state index contributed by atoms with van der Waals surface area (Å²) in [5, 5.41) is 0. The molecule has 0 aromatic heterocycles. The molecule has 2 rings (SSSR count). The fourth-order valence-electron chi connectivity index (χ4n) is 5.48. The van der Waals surface area contributed by atoms with Gasteiger partial charge in [-0.05, 0) is 77.2 Å². The minimum Gasteiger partial charge on any atom is -0.418 e. The monoisotopic (exact) mass is 574 g/mol. The molecule has 0 heterocycles. The van der Waals surface area contributed by atoms with E-state index in [2.05, 4.69) is 26.5 Å². The molecular formula is C33H54N2O6. The van der Waals surface area contributed by atoms with Crippen LogP contribution in [0.2, 0.25) is 0 Å². The normalized spacial score (nSPS) is 21.0. The number of rotatable bonds is 16. The van der Waals surface area contributed by atoms with Gasteiger partial charge in [0.05, 0.1) is 0 Å². The molecule has 3 atom stereocenters. The minimum atomic E-state index is -0.762. The summed E-state index contributed by atoms with van der Waals surface area (Å²) < 4.78 is 22.9. The van der Waals surface area contributed by atoms with E-state index >= 15 is 0 Å². The summed E-state index contributed by atoms with van der Waals surface area (Å²) in [5.41, 5.74) is 3.00. The van der Waals surface area contributed by atoms with E-state index in [-0.39, 0.29) is 31.2 Å². The number of ether oxygens (including phenoxy) is 4. The lowest BCUT2D eigenvalue weighted by Crippen LogP contribution is -2.30. The van der Waals surface area contributed by atoms with Crippen LogP contribution in [-0.2, 0) is 18.9 Å². The molecule has 0 aromatic rings. The first-order chi connectivity index (χ1) is 19.7. The van der Waals surface area contributed by atoms with Gasteiger partial charge in [0, 0.05) is 17.9 Å². The molecule has 0 amide bonds. The van der Waals surface area contributed by atoms with E-state index < -0.39 is 12.3 Å². The highest BCUT2D eigenvalue weighted by atomic mass is 16.7. The number of allylic oxidation sites excluding steroid dienone is 6. The van der Waals surface area contributed by atoms with Gasteiger partial charge in [-0.15, -0.1) is 0 Å². The van der Waals surface area contributed by atoms with E-state index in [0.717, 1.165) is 70.3 Å². The Balaban J connectivity index is 2.49. The third-order valence-electron chi connectivity index (χ3n) is 8.21. The molecule has 0 fully saturated rings. The van der Waals surface area contributed by atoms with Crippen LogP contribution in [0.5, 0.6) is 0 Å². The van der Waals surface area contributed by atoms with Crippen molar-refractivity contribution in [1.29, 1.82) is 0 Å². The summed E-state index contributed by atoms with van der Waals surface area (Å²) in [4.78, 5) is 30.0. The highest BCUT2D eigenvalue weighted by Crippen LogP contribution is 2.45. The molecule has 8 heteroatoms. The predicted molar refractivity (Wildman–Crippen MR) is 163 cm³/mol. The van der Waals surface area contributed by atoms with E-state index in [1.807, 2.05) is 50.5 Å². The lowest BCUT2D eigenvalue weighted by molar-refractivity contribution is 0.0242. The number of carbonyl (C=O) groups is 2. The molecule has 2 unspecified atom stereocenters. The molecule has 0 radical (unpaired) electrons. The zero-order chi connectivity index (χ0) is 30.4. The molecule has 0 aliphatic heterocycles. The average molecular weight is 575 g/mol. The van der Waals surface area contributed by atoms with E-state index in [1.54, 1.807) is 0 Å². The van der Waals surface area contributed by atoms with Gasteiger partial charge in [0.1, 0.15) is 25.0 Å². The van der Waals surface area contributed by atoms with Crippen molar-refractivity contribution in [2.24, 2.45) is 17.8 Å². The molecule has 2 aliphatic carbocycles. The maximum atomic E-state index is 13.0. The molecule has 0 N–H and O–H groups in total. The van der Waals surface area contributed by atoms with Crippen molar-refractivity contribution in [3.63, 3.8) is 0 Å². The highest BCUT2D eigenvalue weighted by molar-refractivity contribution is 5.65. The van der Waals surface area contributed by atoms with Crippen LogP contribution < -0.4 is 0 Å². The average Bonchev–Trinajstić information content (AvgIpc) is 2.94.